The zero-order chi connectivity index (χ0) is 15.7. The van der Waals surface area contributed by atoms with Crippen LogP contribution in [0.2, 0.25) is 0 Å². The van der Waals surface area contributed by atoms with Crippen LogP contribution >= 0.6 is 0 Å². The van der Waals surface area contributed by atoms with E-state index in [1.807, 2.05) is 0 Å². The van der Waals surface area contributed by atoms with Gasteiger partial charge in [0.2, 0.25) is 5.75 Å². The topological polar surface area (TPSA) is 75.7 Å². The van der Waals surface area contributed by atoms with E-state index in [1.165, 1.54) is 27.4 Å². The number of fused-ring (bicyclic) bond motifs is 1. The first-order chi connectivity index (χ1) is 10.7. The molecule has 0 aliphatic carbocycles. The summed E-state index contributed by atoms with van der Waals surface area (Å²) in [7, 11) is 4.53. The first-order valence-electron chi connectivity index (χ1n) is 6.44. The molecule has 22 heavy (non-hydrogen) atoms. The van der Waals surface area contributed by atoms with Crippen molar-refractivity contribution in [2.24, 2.45) is 0 Å². The van der Waals surface area contributed by atoms with Gasteiger partial charge in [0.15, 0.2) is 11.5 Å². The maximum absolute atomic E-state index is 11.8. The molecule has 0 saturated carbocycles. The van der Waals surface area contributed by atoms with Gasteiger partial charge in [0.1, 0.15) is 5.58 Å². The van der Waals surface area contributed by atoms with E-state index in [-0.39, 0.29) is 0 Å². The lowest BCUT2D eigenvalue weighted by atomic mass is 10.1. The number of ether oxygens (including phenoxy) is 3. The fraction of sp³-hybridized carbons (Fsp3) is 0.200. The lowest BCUT2D eigenvalue weighted by Gasteiger charge is -2.16. The standard InChI is InChI=1S/C15H14N2O5/c1-19-11-7-10-13(15(21-3)14(11)20-2)9(6-12(18)22-10)17-5-4-16-8-17/h4-8H,1-3H3. The van der Waals surface area contributed by atoms with Crippen LogP contribution in [0.1, 0.15) is 0 Å². The molecule has 0 aliphatic heterocycles. The normalized spacial score (nSPS) is 10.7. The Hall–Kier alpha value is -2.96. The summed E-state index contributed by atoms with van der Waals surface area (Å²) in [6.07, 6.45) is 4.93. The predicted molar refractivity (Wildman–Crippen MR) is 79.3 cm³/mol. The Bertz CT molecular complexity index is 868. The summed E-state index contributed by atoms with van der Waals surface area (Å²) in [6.45, 7) is 0. The maximum atomic E-state index is 11.8. The van der Waals surface area contributed by atoms with Crippen LogP contribution in [0.5, 0.6) is 17.2 Å². The van der Waals surface area contributed by atoms with Crippen molar-refractivity contribution in [1.29, 1.82) is 0 Å². The zero-order valence-electron chi connectivity index (χ0n) is 12.3. The molecule has 0 radical (unpaired) electrons. The van der Waals surface area contributed by atoms with E-state index in [0.29, 0.717) is 33.9 Å². The highest BCUT2D eigenvalue weighted by Gasteiger charge is 2.21. The predicted octanol–water partition coefficient (Wildman–Crippen LogP) is 2.00. The van der Waals surface area contributed by atoms with Crippen LogP contribution in [0.3, 0.4) is 0 Å². The Kier molecular flexibility index (Phi) is 3.46. The first-order valence-corrected chi connectivity index (χ1v) is 6.44. The molecule has 0 N–H and O–H groups in total. The third kappa shape index (κ3) is 2.07. The zero-order valence-corrected chi connectivity index (χ0v) is 12.3. The van der Waals surface area contributed by atoms with Crippen molar-refractivity contribution in [2.75, 3.05) is 21.3 Å². The van der Waals surface area contributed by atoms with Gasteiger partial charge in [-0.3, -0.25) is 0 Å². The molecule has 1 aromatic carbocycles. The van der Waals surface area contributed by atoms with Gasteiger partial charge in [-0.2, -0.15) is 0 Å². The summed E-state index contributed by atoms with van der Waals surface area (Å²) in [5.41, 5.74) is 0.442. The third-order valence-corrected chi connectivity index (χ3v) is 3.30. The second-order valence-electron chi connectivity index (χ2n) is 4.44. The van der Waals surface area contributed by atoms with E-state index in [2.05, 4.69) is 4.98 Å². The highest BCUT2D eigenvalue weighted by Crippen LogP contribution is 2.44. The first kappa shape index (κ1) is 14.0. The van der Waals surface area contributed by atoms with E-state index < -0.39 is 5.63 Å². The summed E-state index contributed by atoms with van der Waals surface area (Å²) >= 11 is 0. The number of hydrogen-bond donors (Lipinski definition) is 0. The molecule has 2 heterocycles. The van der Waals surface area contributed by atoms with E-state index >= 15 is 0 Å². The highest BCUT2D eigenvalue weighted by molar-refractivity contribution is 5.95. The molecule has 0 spiro atoms. The average molecular weight is 302 g/mol. The van der Waals surface area contributed by atoms with Crippen LogP contribution in [0.25, 0.3) is 16.7 Å². The maximum Gasteiger partial charge on any atom is 0.338 e. The van der Waals surface area contributed by atoms with Crippen LogP contribution in [-0.2, 0) is 0 Å². The van der Waals surface area contributed by atoms with Gasteiger partial charge in [-0.05, 0) is 0 Å². The molecule has 7 heteroatoms. The van der Waals surface area contributed by atoms with Crippen molar-refractivity contribution in [1.82, 2.24) is 9.55 Å². The number of methoxy groups -OCH3 is 3. The van der Waals surface area contributed by atoms with Crippen molar-refractivity contribution < 1.29 is 18.6 Å². The quantitative estimate of drug-likeness (QED) is 0.686. The Labute approximate surface area is 125 Å². The summed E-state index contributed by atoms with van der Waals surface area (Å²) in [4.78, 5) is 15.8. The van der Waals surface area contributed by atoms with Gasteiger partial charge in [-0.25, -0.2) is 9.78 Å². The smallest absolute Gasteiger partial charge is 0.338 e. The Morgan fingerprint density at radius 2 is 1.86 bits per heavy atom. The molecular formula is C15H14N2O5. The molecule has 0 aliphatic rings. The third-order valence-electron chi connectivity index (χ3n) is 3.30. The molecule has 3 rings (SSSR count). The van der Waals surface area contributed by atoms with Crippen LogP contribution in [-0.4, -0.2) is 30.9 Å². The number of aromatic nitrogens is 2. The molecule has 0 bridgehead atoms. The molecule has 114 valence electrons. The van der Waals surface area contributed by atoms with Gasteiger partial charge in [0.05, 0.1) is 38.7 Å². The van der Waals surface area contributed by atoms with Crippen LogP contribution in [0.15, 0.2) is 40.1 Å². The lowest BCUT2D eigenvalue weighted by Crippen LogP contribution is -2.05. The summed E-state index contributed by atoms with van der Waals surface area (Å²) in [5, 5.41) is 0.595. The summed E-state index contributed by atoms with van der Waals surface area (Å²) in [6, 6.07) is 2.97. The minimum absolute atomic E-state index is 0.339. The Balaban J connectivity index is 2.49. The molecule has 2 aromatic heterocycles. The fourth-order valence-electron chi connectivity index (χ4n) is 2.38. The van der Waals surface area contributed by atoms with E-state index in [9.17, 15) is 4.79 Å². The molecule has 0 amide bonds. The van der Waals surface area contributed by atoms with Gasteiger partial charge >= 0.3 is 5.63 Å². The average Bonchev–Trinajstić information content (AvgIpc) is 3.06. The van der Waals surface area contributed by atoms with Gasteiger partial charge in [0.25, 0.3) is 0 Å². The summed E-state index contributed by atoms with van der Waals surface area (Å²) in [5.74, 6) is 1.26. The van der Waals surface area contributed by atoms with Crippen LogP contribution < -0.4 is 19.8 Å². The Morgan fingerprint density at radius 3 is 2.45 bits per heavy atom. The van der Waals surface area contributed by atoms with E-state index in [4.69, 9.17) is 18.6 Å². The Morgan fingerprint density at radius 1 is 1.09 bits per heavy atom. The van der Waals surface area contributed by atoms with Gasteiger partial charge in [-0.1, -0.05) is 0 Å². The number of hydrogen-bond acceptors (Lipinski definition) is 6. The fourth-order valence-corrected chi connectivity index (χ4v) is 2.38. The number of imidazole rings is 1. The van der Waals surface area contributed by atoms with Crippen molar-refractivity contribution in [3.8, 4) is 22.9 Å². The monoisotopic (exact) mass is 302 g/mol. The van der Waals surface area contributed by atoms with Crippen LogP contribution in [0.4, 0.5) is 0 Å². The molecule has 0 unspecified atom stereocenters. The van der Waals surface area contributed by atoms with E-state index in [0.717, 1.165) is 0 Å². The van der Waals surface area contributed by atoms with Gasteiger partial charge in [0, 0.05) is 24.5 Å². The second kappa shape index (κ2) is 5.44. The van der Waals surface area contributed by atoms with Gasteiger partial charge < -0.3 is 23.2 Å². The summed E-state index contributed by atoms with van der Waals surface area (Å²) < 4.78 is 23.1. The van der Waals surface area contributed by atoms with Crippen molar-refractivity contribution in [3.05, 3.63) is 41.3 Å². The molecule has 0 atom stereocenters. The van der Waals surface area contributed by atoms with Crippen molar-refractivity contribution in [3.63, 3.8) is 0 Å². The number of rotatable bonds is 4. The molecular weight excluding hydrogens is 288 g/mol. The molecule has 3 aromatic rings. The number of nitrogens with zero attached hydrogens (tertiary/aromatic N) is 2. The molecule has 0 saturated heterocycles. The second-order valence-corrected chi connectivity index (χ2v) is 4.44. The van der Waals surface area contributed by atoms with Crippen molar-refractivity contribution in [2.45, 2.75) is 0 Å². The molecule has 0 fully saturated rings. The van der Waals surface area contributed by atoms with Crippen LogP contribution in [0, 0.1) is 0 Å². The van der Waals surface area contributed by atoms with Gasteiger partial charge in [-0.15, -0.1) is 0 Å². The minimum Gasteiger partial charge on any atom is -0.493 e. The SMILES string of the molecule is COc1cc2oc(=O)cc(-n3ccnc3)c2c(OC)c1OC. The molecule has 7 nitrogen and oxygen atoms in total. The van der Waals surface area contributed by atoms with E-state index in [1.54, 1.807) is 29.4 Å². The lowest BCUT2D eigenvalue weighted by molar-refractivity contribution is 0.326. The van der Waals surface area contributed by atoms with Crippen molar-refractivity contribution >= 4 is 11.0 Å². The highest BCUT2D eigenvalue weighted by atomic mass is 16.5. The largest absolute Gasteiger partial charge is 0.493 e. The minimum atomic E-state index is -0.481. The number of benzene rings is 1.